The third kappa shape index (κ3) is 2.34. The molecule has 0 unspecified atom stereocenters. The molecular formula is C24H21N3O3. The van der Waals surface area contributed by atoms with Crippen LogP contribution >= 0.6 is 0 Å². The number of amides is 1. The van der Waals surface area contributed by atoms with Crippen LogP contribution in [0.4, 0.5) is 0 Å². The maximum absolute atomic E-state index is 13.6. The van der Waals surface area contributed by atoms with Crippen LogP contribution in [-0.2, 0) is 17.6 Å². The summed E-state index contributed by atoms with van der Waals surface area (Å²) in [5.41, 5.74) is 2.50. The summed E-state index contributed by atoms with van der Waals surface area (Å²) in [4.78, 5) is 28.4. The number of hydrogen-bond acceptors (Lipinski definition) is 3. The molecule has 0 bridgehead atoms. The van der Waals surface area contributed by atoms with Crippen molar-refractivity contribution in [1.82, 2.24) is 14.0 Å². The first-order valence-electron chi connectivity index (χ1n) is 9.73. The van der Waals surface area contributed by atoms with E-state index in [1.165, 1.54) is 16.6 Å². The second-order valence-electron chi connectivity index (χ2n) is 7.55. The molecule has 6 nitrogen and oxygen atoms in total. The van der Waals surface area contributed by atoms with Gasteiger partial charge in [-0.1, -0.05) is 48.5 Å². The zero-order valence-electron chi connectivity index (χ0n) is 17.0. The highest BCUT2D eigenvalue weighted by atomic mass is 16.5. The standard InChI is InChI=1S/C24H21N3O3/c1-24(30-3)26(14-13-16-9-5-4-6-10-16)22(28)20-15-18-17-11-7-8-12-19(17)25(2)21(18)23(29)27(20)24/h4-15H,1-3H3/b14-13+/t24-/m0/s1. The van der Waals surface area contributed by atoms with E-state index < -0.39 is 5.85 Å². The Bertz CT molecular complexity index is 1400. The fourth-order valence-electron chi connectivity index (χ4n) is 4.35. The van der Waals surface area contributed by atoms with Gasteiger partial charge in [-0.05, 0) is 23.8 Å². The van der Waals surface area contributed by atoms with Crippen LogP contribution in [0.1, 0.15) is 23.0 Å². The minimum atomic E-state index is -1.26. The van der Waals surface area contributed by atoms with E-state index in [1.807, 2.05) is 72.3 Å². The molecule has 2 aromatic carbocycles. The predicted octanol–water partition coefficient (Wildman–Crippen LogP) is 3.90. The zero-order valence-corrected chi connectivity index (χ0v) is 17.0. The molecule has 5 rings (SSSR count). The minimum absolute atomic E-state index is 0.255. The van der Waals surface area contributed by atoms with Crippen molar-refractivity contribution in [3.63, 3.8) is 0 Å². The number of pyridine rings is 1. The maximum atomic E-state index is 13.6. The molecule has 30 heavy (non-hydrogen) atoms. The van der Waals surface area contributed by atoms with E-state index >= 15 is 0 Å². The van der Waals surface area contributed by atoms with Gasteiger partial charge in [0.1, 0.15) is 11.2 Å². The summed E-state index contributed by atoms with van der Waals surface area (Å²) < 4.78 is 9.08. The zero-order chi connectivity index (χ0) is 21.0. The number of aromatic nitrogens is 2. The highest BCUT2D eigenvalue weighted by molar-refractivity contribution is 6.10. The quantitative estimate of drug-likeness (QED) is 0.525. The van der Waals surface area contributed by atoms with Gasteiger partial charge >= 0.3 is 0 Å². The molecule has 0 radical (unpaired) electrons. The second kappa shape index (κ2) is 6.43. The van der Waals surface area contributed by atoms with Gasteiger partial charge in [0.2, 0.25) is 5.85 Å². The molecule has 150 valence electrons. The van der Waals surface area contributed by atoms with E-state index in [-0.39, 0.29) is 11.5 Å². The summed E-state index contributed by atoms with van der Waals surface area (Å²) >= 11 is 0. The summed E-state index contributed by atoms with van der Waals surface area (Å²) in [5.74, 6) is -1.54. The Morgan fingerprint density at radius 2 is 1.67 bits per heavy atom. The summed E-state index contributed by atoms with van der Waals surface area (Å²) in [7, 11) is 3.37. The van der Waals surface area contributed by atoms with Crippen LogP contribution in [0.25, 0.3) is 27.9 Å². The number of hydrogen-bond donors (Lipinski definition) is 0. The third-order valence-electron chi connectivity index (χ3n) is 5.98. The van der Waals surface area contributed by atoms with E-state index in [4.69, 9.17) is 4.74 Å². The topological polar surface area (TPSA) is 56.5 Å². The number of carbonyl (C=O) groups excluding carboxylic acids is 1. The molecule has 0 saturated heterocycles. The van der Waals surface area contributed by atoms with Crippen molar-refractivity contribution >= 4 is 33.8 Å². The first kappa shape index (κ1) is 18.4. The maximum Gasteiger partial charge on any atom is 0.279 e. The first-order chi connectivity index (χ1) is 14.5. The minimum Gasteiger partial charge on any atom is -0.341 e. The van der Waals surface area contributed by atoms with E-state index in [0.29, 0.717) is 11.2 Å². The van der Waals surface area contributed by atoms with Crippen molar-refractivity contribution in [2.24, 2.45) is 7.05 Å². The summed E-state index contributed by atoms with van der Waals surface area (Å²) in [6, 6.07) is 19.3. The van der Waals surface area contributed by atoms with Gasteiger partial charge in [0, 0.05) is 43.6 Å². The number of aryl methyl sites for hydroxylation is 1. The molecule has 1 atom stereocenters. The Morgan fingerprint density at radius 1 is 0.967 bits per heavy atom. The molecule has 6 heteroatoms. The molecule has 1 aliphatic rings. The lowest BCUT2D eigenvalue weighted by atomic mass is 10.1. The lowest BCUT2D eigenvalue weighted by Crippen LogP contribution is -2.46. The number of nitrogens with zero attached hydrogens (tertiary/aromatic N) is 3. The molecule has 0 aliphatic carbocycles. The molecule has 0 N–H and O–H groups in total. The van der Waals surface area contributed by atoms with Crippen LogP contribution in [0.3, 0.4) is 0 Å². The van der Waals surface area contributed by atoms with Crippen LogP contribution in [0.5, 0.6) is 0 Å². The number of benzene rings is 2. The smallest absolute Gasteiger partial charge is 0.279 e. The van der Waals surface area contributed by atoms with Crippen LogP contribution in [0.15, 0.2) is 71.7 Å². The van der Waals surface area contributed by atoms with Gasteiger partial charge in [-0.3, -0.25) is 19.1 Å². The van der Waals surface area contributed by atoms with Crippen molar-refractivity contribution in [1.29, 1.82) is 0 Å². The molecule has 3 heterocycles. The molecule has 1 aliphatic heterocycles. The highest BCUT2D eigenvalue weighted by Crippen LogP contribution is 2.35. The van der Waals surface area contributed by atoms with Gasteiger partial charge < -0.3 is 9.30 Å². The lowest BCUT2D eigenvalue weighted by molar-refractivity contribution is -0.135. The van der Waals surface area contributed by atoms with Gasteiger partial charge in [0.05, 0.1) is 0 Å². The fraction of sp³-hybridized carbons (Fsp3) is 0.167. The Hall–Kier alpha value is -3.64. The Kier molecular flexibility index (Phi) is 3.95. The van der Waals surface area contributed by atoms with Crippen LogP contribution in [0, 0.1) is 0 Å². The van der Waals surface area contributed by atoms with Crippen molar-refractivity contribution in [3.05, 3.63) is 88.5 Å². The Labute approximate surface area is 173 Å². The number of para-hydroxylation sites is 1. The largest absolute Gasteiger partial charge is 0.341 e. The summed E-state index contributed by atoms with van der Waals surface area (Å²) in [5, 5.41) is 1.71. The summed E-state index contributed by atoms with van der Waals surface area (Å²) in [6.45, 7) is 1.73. The van der Waals surface area contributed by atoms with E-state index in [9.17, 15) is 9.59 Å². The van der Waals surface area contributed by atoms with E-state index in [1.54, 1.807) is 19.2 Å². The Morgan fingerprint density at radius 3 is 2.40 bits per heavy atom. The monoisotopic (exact) mass is 399 g/mol. The molecule has 0 fully saturated rings. The molecule has 4 aromatic rings. The molecule has 1 amide bonds. The van der Waals surface area contributed by atoms with Gasteiger partial charge in [-0.2, -0.15) is 0 Å². The van der Waals surface area contributed by atoms with E-state index in [2.05, 4.69) is 0 Å². The predicted molar refractivity (Wildman–Crippen MR) is 117 cm³/mol. The third-order valence-corrected chi connectivity index (χ3v) is 5.98. The number of ether oxygens (including phenoxy) is 1. The average Bonchev–Trinajstić information content (AvgIpc) is 3.18. The van der Waals surface area contributed by atoms with Crippen LogP contribution < -0.4 is 5.56 Å². The van der Waals surface area contributed by atoms with Crippen molar-refractivity contribution in [2.75, 3.05) is 7.11 Å². The van der Waals surface area contributed by atoms with Crippen molar-refractivity contribution in [2.45, 2.75) is 12.8 Å². The van der Waals surface area contributed by atoms with Gasteiger partial charge in [0.15, 0.2) is 0 Å². The van der Waals surface area contributed by atoms with Gasteiger partial charge in [0.25, 0.3) is 11.5 Å². The fourth-order valence-corrected chi connectivity index (χ4v) is 4.35. The normalized spacial score (nSPS) is 18.8. The van der Waals surface area contributed by atoms with E-state index in [0.717, 1.165) is 21.9 Å². The Balaban J connectivity index is 1.76. The van der Waals surface area contributed by atoms with Crippen molar-refractivity contribution in [3.8, 4) is 0 Å². The van der Waals surface area contributed by atoms with Crippen molar-refractivity contribution < 1.29 is 9.53 Å². The first-order valence-corrected chi connectivity index (χ1v) is 9.73. The van der Waals surface area contributed by atoms with Gasteiger partial charge in [-0.15, -0.1) is 0 Å². The molecule has 0 spiro atoms. The molecular weight excluding hydrogens is 378 g/mol. The average molecular weight is 399 g/mol. The number of methoxy groups -OCH3 is 1. The number of rotatable bonds is 3. The molecule has 0 saturated carbocycles. The second-order valence-corrected chi connectivity index (χ2v) is 7.55. The highest BCUT2D eigenvalue weighted by Gasteiger charge is 2.47. The lowest BCUT2D eigenvalue weighted by Gasteiger charge is -2.32. The van der Waals surface area contributed by atoms with Gasteiger partial charge in [-0.25, -0.2) is 0 Å². The number of carbonyl (C=O) groups is 1. The summed E-state index contributed by atoms with van der Waals surface area (Å²) in [6.07, 6.45) is 3.51. The van der Waals surface area contributed by atoms with Crippen LogP contribution in [0.2, 0.25) is 0 Å². The SMILES string of the molecule is CO[C@@]1(C)N(/C=C/c2ccccc2)C(=O)c2cc3c4ccccc4n(C)c3c(=O)n21. The number of fused-ring (bicyclic) bond motifs is 4. The van der Waals surface area contributed by atoms with Crippen LogP contribution in [-0.4, -0.2) is 27.1 Å². The molecule has 2 aromatic heterocycles.